The van der Waals surface area contributed by atoms with Gasteiger partial charge in [-0.15, -0.1) is 0 Å². The van der Waals surface area contributed by atoms with Gasteiger partial charge in [-0.3, -0.25) is 0 Å². The molecule has 1 aromatic heterocycles. The molecule has 0 bridgehead atoms. The standard InChI is InChI=1S/C14H23N3O/c1-12(7-11-18)16-13-5-9-17(10-6-13)14-4-2-3-8-15-14/h2-4,8,12-13,16,18H,5-7,9-11H2,1H3. The molecule has 1 fully saturated rings. The number of nitrogens with zero attached hydrogens (tertiary/aromatic N) is 2. The highest BCUT2D eigenvalue weighted by Crippen LogP contribution is 2.17. The Bertz CT molecular complexity index is 336. The van der Waals surface area contributed by atoms with Gasteiger partial charge >= 0.3 is 0 Å². The number of aliphatic hydroxyl groups excluding tert-OH is 1. The van der Waals surface area contributed by atoms with E-state index in [0.29, 0.717) is 12.1 Å². The smallest absolute Gasteiger partial charge is 0.128 e. The maximum Gasteiger partial charge on any atom is 0.128 e. The fourth-order valence-electron chi connectivity index (χ4n) is 2.50. The Labute approximate surface area is 109 Å². The van der Waals surface area contributed by atoms with Crippen LogP contribution in [0.1, 0.15) is 26.2 Å². The van der Waals surface area contributed by atoms with Gasteiger partial charge in [-0.05, 0) is 38.3 Å². The van der Waals surface area contributed by atoms with E-state index in [4.69, 9.17) is 5.11 Å². The zero-order valence-corrected chi connectivity index (χ0v) is 11.0. The van der Waals surface area contributed by atoms with E-state index in [9.17, 15) is 0 Å². The highest BCUT2D eigenvalue weighted by molar-refractivity contribution is 5.38. The van der Waals surface area contributed by atoms with Gasteiger partial charge in [0, 0.05) is 38.0 Å². The third kappa shape index (κ3) is 3.68. The van der Waals surface area contributed by atoms with Gasteiger partial charge in [0.1, 0.15) is 5.82 Å². The molecule has 1 aliphatic rings. The van der Waals surface area contributed by atoms with Crippen molar-refractivity contribution in [3.63, 3.8) is 0 Å². The summed E-state index contributed by atoms with van der Waals surface area (Å²) in [6.45, 7) is 4.52. The van der Waals surface area contributed by atoms with E-state index in [1.54, 1.807) is 0 Å². The van der Waals surface area contributed by atoms with E-state index < -0.39 is 0 Å². The molecule has 2 N–H and O–H groups in total. The molecule has 0 radical (unpaired) electrons. The quantitative estimate of drug-likeness (QED) is 0.828. The number of aliphatic hydroxyl groups is 1. The van der Waals surface area contributed by atoms with Crippen LogP contribution < -0.4 is 10.2 Å². The van der Waals surface area contributed by atoms with Crippen molar-refractivity contribution in [2.45, 2.75) is 38.3 Å². The van der Waals surface area contributed by atoms with Gasteiger partial charge in [0.25, 0.3) is 0 Å². The number of anilines is 1. The minimum Gasteiger partial charge on any atom is -0.396 e. The van der Waals surface area contributed by atoms with Crippen LogP contribution in [0.3, 0.4) is 0 Å². The molecule has 0 aliphatic carbocycles. The zero-order chi connectivity index (χ0) is 12.8. The van der Waals surface area contributed by atoms with Crippen LogP contribution in [-0.4, -0.2) is 41.9 Å². The van der Waals surface area contributed by atoms with Crippen molar-refractivity contribution in [3.05, 3.63) is 24.4 Å². The van der Waals surface area contributed by atoms with E-state index in [2.05, 4.69) is 28.2 Å². The van der Waals surface area contributed by atoms with Gasteiger partial charge < -0.3 is 15.3 Å². The fourth-order valence-corrected chi connectivity index (χ4v) is 2.50. The van der Waals surface area contributed by atoms with Gasteiger partial charge in [-0.25, -0.2) is 4.98 Å². The van der Waals surface area contributed by atoms with Crippen molar-refractivity contribution in [2.75, 3.05) is 24.6 Å². The van der Waals surface area contributed by atoms with Gasteiger partial charge in [-0.1, -0.05) is 6.07 Å². The van der Waals surface area contributed by atoms with Crippen molar-refractivity contribution in [3.8, 4) is 0 Å². The van der Waals surface area contributed by atoms with Crippen molar-refractivity contribution >= 4 is 5.82 Å². The SMILES string of the molecule is CC(CCO)NC1CCN(c2ccccn2)CC1. The van der Waals surface area contributed by atoms with E-state index in [1.165, 1.54) is 0 Å². The van der Waals surface area contributed by atoms with Crippen molar-refractivity contribution in [1.29, 1.82) is 0 Å². The molecule has 1 saturated heterocycles. The van der Waals surface area contributed by atoms with Crippen LogP contribution >= 0.6 is 0 Å². The molecule has 0 aromatic carbocycles. The molecule has 0 spiro atoms. The topological polar surface area (TPSA) is 48.4 Å². The largest absolute Gasteiger partial charge is 0.396 e. The molecule has 2 rings (SSSR count). The molecule has 1 aliphatic heterocycles. The second-order valence-corrected chi connectivity index (χ2v) is 5.03. The van der Waals surface area contributed by atoms with E-state index in [-0.39, 0.29) is 6.61 Å². The molecule has 18 heavy (non-hydrogen) atoms. The molecule has 1 aromatic rings. The molecular formula is C14H23N3O. The van der Waals surface area contributed by atoms with Crippen molar-refractivity contribution in [2.24, 2.45) is 0 Å². The molecule has 1 atom stereocenters. The summed E-state index contributed by atoms with van der Waals surface area (Å²) in [5.74, 6) is 1.08. The lowest BCUT2D eigenvalue weighted by atomic mass is 10.0. The molecule has 100 valence electrons. The number of nitrogens with one attached hydrogen (secondary N) is 1. The lowest BCUT2D eigenvalue weighted by Gasteiger charge is -2.34. The number of piperidine rings is 1. The summed E-state index contributed by atoms with van der Waals surface area (Å²) in [6.07, 6.45) is 4.97. The van der Waals surface area contributed by atoms with Gasteiger partial charge in [-0.2, -0.15) is 0 Å². The highest BCUT2D eigenvalue weighted by atomic mass is 16.3. The summed E-state index contributed by atoms with van der Waals surface area (Å²) < 4.78 is 0. The van der Waals surface area contributed by atoms with Crippen LogP contribution in [0.5, 0.6) is 0 Å². The Hall–Kier alpha value is -1.13. The lowest BCUT2D eigenvalue weighted by Crippen LogP contribution is -2.45. The minimum atomic E-state index is 0.265. The summed E-state index contributed by atoms with van der Waals surface area (Å²) in [6, 6.07) is 7.04. The second kappa shape index (κ2) is 6.71. The van der Waals surface area contributed by atoms with E-state index in [0.717, 1.165) is 38.2 Å². The van der Waals surface area contributed by atoms with Gasteiger partial charge in [0.05, 0.1) is 0 Å². The maximum atomic E-state index is 8.90. The van der Waals surface area contributed by atoms with E-state index >= 15 is 0 Å². The molecule has 1 unspecified atom stereocenters. The number of hydrogen-bond acceptors (Lipinski definition) is 4. The fraction of sp³-hybridized carbons (Fsp3) is 0.643. The normalized spacial score (nSPS) is 18.9. The van der Waals surface area contributed by atoms with Crippen LogP contribution in [0.25, 0.3) is 0 Å². The predicted molar refractivity (Wildman–Crippen MR) is 73.8 cm³/mol. The number of pyridine rings is 1. The van der Waals surface area contributed by atoms with Gasteiger partial charge in [0.15, 0.2) is 0 Å². The summed E-state index contributed by atoms with van der Waals surface area (Å²) in [5, 5.41) is 12.5. The minimum absolute atomic E-state index is 0.265. The summed E-state index contributed by atoms with van der Waals surface area (Å²) in [7, 11) is 0. The van der Waals surface area contributed by atoms with E-state index in [1.807, 2.05) is 18.3 Å². The number of aromatic nitrogens is 1. The van der Waals surface area contributed by atoms with Crippen LogP contribution in [0.4, 0.5) is 5.82 Å². The zero-order valence-electron chi connectivity index (χ0n) is 11.0. The summed E-state index contributed by atoms with van der Waals surface area (Å²) in [5.41, 5.74) is 0. The Kier molecular flexibility index (Phi) is 4.96. The lowest BCUT2D eigenvalue weighted by molar-refractivity contribution is 0.257. The first-order chi connectivity index (χ1) is 8.79. The monoisotopic (exact) mass is 249 g/mol. The van der Waals surface area contributed by atoms with Crippen LogP contribution in [-0.2, 0) is 0 Å². The average molecular weight is 249 g/mol. The molecule has 4 heteroatoms. The van der Waals surface area contributed by atoms with Gasteiger partial charge in [0.2, 0.25) is 0 Å². The number of hydrogen-bond donors (Lipinski definition) is 2. The van der Waals surface area contributed by atoms with Crippen LogP contribution in [0.2, 0.25) is 0 Å². The molecule has 4 nitrogen and oxygen atoms in total. The average Bonchev–Trinajstić information content (AvgIpc) is 2.41. The molecular weight excluding hydrogens is 226 g/mol. The molecule has 0 amide bonds. The third-order valence-electron chi connectivity index (χ3n) is 3.55. The second-order valence-electron chi connectivity index (χ2n) is 5.03. The Balaban J connectivity index is 1.78. The van der Waals surface area contributed by atoms with Crippen LogP contribution in [0, 0.1) is 0 Å². The maximum absolute atomic E-state index is 8.90. The molecule has 0 saturated carbocycles. The first-order valence-electron chi connectivity index (χ1n) is 6.82. The van der Waals surface area contributed by atoms with Crippen molar-refractivity contribution < 1.29 is 5.11 Å². The Morgan fingerprint density at radius 2 is 2.22 bits per heavy atom. The summed E-state index contributed by atoms with van der Waals surface area (Å²) in [4.78, 5) is 6.73. The Morgan fingerprint density at radius 3 is 2.83 bits per heavy atom. The number of rotatable bonds is 5. The highest BCUT2D eigenvalue weighted by Gasteiger charge is 2.20. The third-order valence-corrected chi connectivity index (χ3v) is 3.55. The predicted octanol–water partition coefficient (Wildman–Crippen LogP) is 1.41. The molecule has 2 heterocycles. The first kappa shape index (κ1) is 13.3. The van der Waals surface area contributed by atoms with Crippen molar-refractivity contribution in [1.82, 2.24) is 10.3 Å². The Morgan fingerprint density at radius 1 is 1.44 bits per heavy atom. The summed E-state index contributed by atoms with van der Waals surface area (Å²) >= 11 is 0. The first-order valence-corrected chi connectivity index (χ1v) is 6.82. The van der Waals surface area contributed by atoms with Crippen LogP contribution in [0.15, 0.2) is 24.4 Å².